The molecule has 1 fully saturated rings. The maximum atomic E-state index is 11.5. The summed E-state index contributed by atoms with van der Waals surface area (Å²) in [7, 11) is 0. The van der Waals surface area contributed by atoms with Gasteiger partial charge in [0.2, 0.25) is 5.91 Å². The second-order valence-electron chi connectivity index (χ2n) is 2.87. The average molecular weight is 178 g/mol. The second kappa shape index (κ2) is 4.44. The van der Waals surface area contributed by atoms with E-state index in [9.17, 15) is 4.79 Å². The van der Waals surface area contributed by atoms with Gasteiger partial charge in [0.15, 0.2) is 0 Å². The van der Waals surface area contributed by atoms with Crippen molar-refractivity contribution in [3.8, 4) is 12.1 Å². The first-order valence-electron chi connectivity index (χ1n) is 4.03. The van der Waals surface area contributed by atoms with E-state index in [2.05, 4.69) is 5.32 Å². The Labute approximate surface area is 76.5 Å². The van der Waals surface area contributed by atoms with Gasteiger partial charge < -0.3 is 10.2 Å². The number of hydrogen-bond donors (Lipinski definition) is 1. The minimum absolute atomic E-state index is 0.00287. The third-order valence-corrected chi connectivity index (χ3v) is 1.97. The van der Waals surface area contributed by atoms with Gasteiger partial charge in [0, 0.05) is 13.1 Å². The summed E-state index contributed by atoms with van der Waals surface area (Å²) in [5.74, 6) is -0.136. The van der Waals surface area contributed by atoms with E-state index in [1.54, 1.807) is 0 Å². The first-order chi connectivity index (χ1) is 6.29. The van der Waals surface area contributed by atoms with Crippen molar-refractivity contribution in [2.75, 3.05) is 26.2 Å². The highest BCUT2D eigenvalue weighted by atomic mass is 16.2. The van der Waals surface area contributed by atoms with E-state index < -0.39 is 0 Å². The zero-order valence-corrected chi connectivity index (χ0v) is 7.16. The fourth-order valence-corrected chi connectivity index (χ4v) is 1.10. The van der Waals surface area contributed by atoms with Crippen LogP contribution in [0.2, 0.25) is 0 Å². The largest absolute Gasteiger partial charge is 0.316 e. The zero-order valence-electron chi connectivity index (χ0n) is 7.16. The molecule has 1 aliphatic rings. The Balaban J connectivity index is 2.48. The highest BCUT2D eigenvalue weighted by molar-refractivity contribution is 5.80. The molecule has 0 aliphatic carbocycles. The van der Waals surface area contributed by atoms with Crippen molar-refractivity contribution < 1.29 is 4.79 Å². The van der Waals surface area contributed by atoms with Crippen LogP contribution in [0.4, 0.5) is 0 Å². The highest BCUT2D eigenvalue weighted by Crippen LogP contribution is 2.07. The van der Waals surface area contributed by atoms with Crippen LogP contribution in [-0.2, 0) is 4.79 Å². The van der Waals surface area contributed by atoms with E-state index >= 15 is 0 Å². The predicted octanol–water partition coefficient (Wildman–Crippen LogP) is -0.918. The molecule has 13 heavy (non-hydrogen) atoms. The van der Waals surface area contributed by atoms with Gasteiger partial charge in [0.25, 0.3) is 0 Å². The zero-order chi connectivity index (χ0) is 9.68. The summed E-state index contributed by atoms with van der Waals surface area (Å²) in [6, 6.07) is 3.74. The van der Waals surface area contributed by atoms with Crippen molar-refractivity contribution in [2.24, 2.45) is 5.92 Å². The molecule has 0 aromatic heterocycles. The lowest BCUT2D eigenvalue weighted by molar-refractivity contribution is -0.135. The maximum Gasteiger partial charge on any atom is 0.229 e. The van der Waals surface area contributed by atoms with Gasteiger partial charge >= 0.3 is 0 Å². The first-order valence-corrected chi connectivity index (χ1v) is 4.03. The number of nitriles is 2. The summed E-state index contributed by atoms with van der Waals surface area (Å²) in [4.78, 5) is 12.8. The molecule has 68 valence electrons. The molecule has 0 radical (unpaired) electrons. The van der Waals surface area contributed by atoms with Gasteiger partial charge in [-0.2, -0.15) is 10.5 Å². The molecule has 0 saturated carbocycles. The smallest absolute Gasteiger partial charge is 0.229 e. The molecule has 0 spiro atoms. The molecule has 1 heterocycles. The van der Waals surface area contributed by atoms with Crippen molar-refractivity contribution in [1.29, 1.82) is 10.5 Å². The standard InChI is InChI=1S/C8H10N4O/c9-1-3-12(4-2-10)8(13)7-5-11-6-7/h7,11H,3-6H2. The van der Waals surface area contributed by atoms with E-state index in [1.165, 1.54) is 4.90 Å². The van der Waals surface area contributed by atoms with Crippen molar-refractivity contribution >= 4 is 5.91 Å². The number of carbonyl (C=O) groups is 1. The second-order valence-corrected chi connectivity index (χ2v) is 2.87. The van der Waals surface area contributed by atoms with E-state index in [0.717, 1.165) is 0 Å². The molecule has 1 aliphatic heterocycles. The fourth-order valence-electron chi connectivity index (χ4n) is 1.10. The van der Waals surface area contributed by atoms with Crippen molar-refractivity contribution in [1.82, 2.24) is 10.2 Å². The quantitative estimate of drug-likeness (QED) is 0.567. The molecule has 1 rings (SSSR count). The van der Waals surface area contributed by atoms with Gasteiger partial charge in [0.1, 0.15) is 13.1 Å². The molecule has 1 saturated heterocycles. The monoisotopic (exact) mass is 178 g/mol. The van der Waals surface area contributed by atoms with Gasteiger partial charge in [-0.05, 0) is 0 Å². The average Bonchev–Trinajstić information content (AvgIpc) is 2.01. The van der Waals surface area contributed by atoms with Gasteiger partial charge in [0.05, 0.1) is 18.1 Å². The predicted molar refractivity (Wildman–Crippen MR) is 44.2 cm³/mol. The third kappa shape index (κ3) is 2.17. The lowest BCUT2D eigenvalue weighted by Crippen LogP contribution is -2.52. The highest BCUT2D eigenvalue weighted by Gasteiger charge is 2.28. The number of nitrogens with one attached hydrogen (secondary N) is 1. The number of hydrogen-bond acceptors (Lipinski definition) is 4. The summed E-state index contributed by atoms with van der Waals surface area (Å²) >= 11 is 0. The molecule has 0 atom stereocenters. The molecular formula is C8H10N4O. The van der Waals surface area contributed by atoms with Crippen LogP contribution in [-0.4, -0.2) is 37.0 Å². The number of rotatable bonds is 3. The Morgan fingerprint density at radius 1 is 1.38 bits per heavy atom. The molecule has 0 aromatic carbocycles. The number of amides is 1. The molecule has 5 nitrogen and oxygen atoms in total. The SMILES string of the molecule is N#CCN(CC#N)C(=O)C1CNC1. The first kappa shape index (κ1) is 9.50. The summed E-state index contributed by atoms with van der Waals surface area (Å²) in [6.07, 6.45) is 0. The summed E-state index contributed by atoms with van der Waals surface area (Å²) < 4.78 is 0. The molecule has 5 heteroatoms. The van der Waals surface area contributed by atoms with Crippen molar-refractivity contribution in [2.45, 2.75) is 0 Å². The Hall–Kier alpha value is -1.59. The van der Waals surface area contributed by atoms with E-state index in [-0.39, 0.29) is 24.9 Å². The minimum Gasteiger partial charge on any atom is -0.316 e. The Morgan fingerprint density at radius 2 is 1.92 bits per heavy atom. The van der Waals surface area contributed by atoms with Gasteiger partial charge in [-0.15, -0.1) is 0 Å². The van der Waals surface area contributed by atoms with Crippen molar-refractivity contribution in [3.05, 3.63) is 0 Å². The van der Waals surface area contributed by atoms with Crippen LogP contribution in [0.3, 0.4) is 0 Å². The Kier molecular flexibility index (Phi) is 3.24. The van der Waals surface area contributed by atoms with Crippen LogP contribution in [0.1, 0.15) is 0 Å². The fraction of sp³-hybridized carbons (Fsp3) is 0.625. The Bertz CT molecular complexity index is 255. The van der Waals surface area contributed by atoms with E-state index in [4.69, 9.17) is 10.5 Å². The normalized spacial score (nSPS) is 15.2. The molecule has 0 bridgehead atoms. The Morgan fingerprint density at radius 3 is 2.23 bits per heavy atom. The van der Waals surface area contributed by atoms with E-state index in [1.807, 2.05) is 12.1 Å². The minimum atomic E-state index is -0.0955. The van der Waals surface area contributed by atoms with E-state index in [0.29, 0.717) is 13.1 Å². The molecule has 1 amide bonds. The maximum absolute atomic E-state index is 11.5. The molecule has 0 aromatic rings. The van der Waals surface area contributed by atoms with Crippen molar-refractivity contribution in [3.63, 3.8) is 0 Å². The number of nitrogens with zero attached hydrogens (tertiary/aromatic N) is 3. The lowest BCUT2D eigenvalue weighted by atomic mass is 10.0. The lowest BCUT2D eigenvalue weighted by Gasteiger charge is -2.29. The van der Waals surface area contributed by atoms with Crippen LogP contribution in [0.5, 0.6) is 0 Å². The van der Waals surface area contributed by atoms with Crippen LogP contribution in [0, 0.1) is 28.6 Å². The molecule has 1 N–H and O–H groups in total. The van der Waals surface area contributed by atoms with Crippen LogP contribution in [0.15, 0.2) is 0 Å². The summed E-state index contributed by atoms with van der Waals surface area (Å²) in [5.41, 5.74) is 0. The van der Waals surface area contributed by atoms with Gasteiger partial charge in [-0.3, -0.25) is 4.79 Å². The van der Waals surface area contributed by atoms with Crippen LogP contribution < -0.4 is 5.32 Å². The number of carbonyl (C=O) groups excluding carboxylic acids is 1. The van der Waals surface area contributed by atoms with Crippen LogP contribution >= 0.6 is 0 Å². The third-order valence-electron chi connectivity index (χ3n) is 1.97. The summed E-state index contributed by atoms with van der Waals surface area (Å²) in [5, 5.41) is 19.8. The molecule has 0 unspecified atom stereocenters. The van der Waals surface area contributed by atoms with Gasteiger partial charge in [-0.25, -0.2) is 0 Å². The van der Waals surface area contributed by atoms with Gasteiger partial charge in [-0.1, -0.05) is 0 Å². The topological polar surface area (TPSA) is 79.9 Å². The van der Waals surface area contributed by atoms with Crippen LogP contribution in [0.25, 0.3) is 0 Å². The molecular weight excluding hydrogens is 168 g/mol. The summed E-state index contributed by atoms with van der Waals surface area (Å²) in [6.45, 7) is 1.32.